The van der Waals surface area contributed by atoms with Crippen LogP contribution in [0.4, 0.5) is 10.1 Å². The molecule has 0 aliphatic carbocycles. The van der Waals surface area contributed by atoms with Gasteiger partial charge >= 0.3 is 5.97 Å². The van der Waals surface area contributed by atoms with Crippen LogP contribution in [0, 0.1) is 5.82 Å². The van der Waals surface area contributed by atoms with Gasteiger partial charge in [0.2, 0.25) is 5.91 Å². The number of amides is 1. The number of rotatable bonds is 4. The van der Waals surface area contributed by atoms with Crippen molar-refractivity contribution < 1.29 is 18.7 Å². The molecule has 25 heavy (non-hydrogen) atoms. The number of hydrogen-bond acceptors (Lipinski definition) is 4. The van der Waals surface area contributed by atoms with Gasteiger partial charge in [0.15, 0.2) is 0 Å². The van der Waals surface area contributed by atoms with Crippen molar-refractivity contribution in [1.82, 2.24) is 5.32 Å². The fourth-order valence-electron chi connectivity index (χ4n) is 3.11. The van der Waals surface area contributed by atoms with Crippen LogP contribution in [-0.2, 0) is 9.53 Å². The predicted molar refractivity (Wildman–Crippen MR) is 92.0 cm³/mol. The largest absolute Gasteiger partial charge is 0.465 e. The van der Waals surface area contributed by atoms with E-state index >= 15 is 0 Å². The molecule has 2 N–H and O–H groups in total. The summed E-state index contributed by atoms with van der Waals surface area (Å²) >= 11 is 0. The fraction of sp³-hybridized carbons (Fsp3) is 0.263. The number of anilines is 1. The Morgan fingerprint density at radius 3 is 2.64 bits per heavy atom. The Balaban J connectivity index is 1.74. The maximum Gasteiger partial charge on any atom is 0.337 e. The summed E-state index contributed by atoms with van der Waals surface area (Å²) in [5.74, 6) is -1.56. The molecule has 0 spiro atoms. The van der Waals surface area contributed by atoms with E-state index in [2.05, 4.69) is 15.4 Å². The summed E-state index contributed by atoms with van der Waals surface area (Å²) in [6, 6.07) is 13.2. The van der Waals surface area contributed by atoms with E-state index in [1.165, 1.54) is 19.2 Å². The van der Waals surface area contributed by atoms with Crippen LogP contribution < -0.4 is 10.6 Å². The van der Waals surface area contributed by atoms with E-state index in [1.807, 2.05) is 30.3 Å². The summed E-state index contributed by atoms with van der Waals surface area (Å²) < 4.78 is 18.7. The van der Waals surface area contributed by atoms with Gasteiger partial charge in [-0.1, -0.05) is 30.3 Å². The number of hydrogen-bond donors (Lipinski definition) is 2. The highest BCUT2D eigenvalue weighted by atomic mass is 19.1. The number of carbonyl (C=O) groups is 2. The van der Waals surface area contributed by atoms with Crippen molar-refractivity contribution in [1.29, 1.82) is 0 Å². The molecule has 130 valence electrons. The highest BCUT2D eigenvalue weighted by molar-refractivity contribution is 5.96. The molecule has 1 aliphatic rings. The Morgan fingerprint density at radius 1 is 1.20 bits per heavy atom. The van der Waals surface area contributed by atoms with E-state index in [9.17, 15) is 14.0 Å². The molecule has 1 heterocycles. The van der Waals surface area contributed by atoms with E-state index < -0.39 is 17.8 Å². The third-order valence-corrected chi connectivity index (χ3v) is 4.38. The minimum absolute atomic E-state index is 0.0400. The molecule has 5 nitrogen and oxygen atoms in total. The Hall–Kier alpha value is -2.73. The average Bonchev–Trinajstić information content (AvgIpc) is 3.13. The highest BCUT2D eigenvalue weighted by Crippen LogP contribution is 2.28. The van der Waals surface area contributed by atoms with E-state index in [1.54, 1.807) is 0 Å². The quantitative estimate of drug-likeness (QED) is 0.839. The topological polar surface area (TPSA) is 67.4 Å². The summed E-state index contributed by atoms with van der Waals surface area (Å²) in [4.78, 5) is 24.0. The van der Waals surface area contributed by atoms with Crippen molar-refractivity contribution in [3.05, 3.63) is 65.5 Å². The van der Waals surface area contributed by atoms with Crippen molar-refractivity contribution in [3.8, 4) is 0 Å². The number of halogens is 1. The third-order valence-electron chi connectivity index (χ3n) is 4.38. The fourth-order valence-corrected chi connectivity index (χ4v) is 3.11. The smallest absolute Gasteiger partial charge is 0.337 e. The Labute approximate surface area is 145 Å². The van der Waals surface area contributed by atoms with Crippen LogP contribution in [0.15, 0.2) is 48.5 Å². The van der Waals surface area contributed by atoms with E-state index in [0.717, 1.165) is 24.6 Å². The average molecular weight is 342 g/mol. The molecule has 2 aromatic carbocycles. The van der Waals surface area contributed by atoms with Gasteiger partial charge in [-0.05, 0) is 36.7 Å². The summed E-state index contributed by atoms with van der Waals surface area (Å²) in [5, 5.41) is 5.78. The van der Waals surface area contributed by atoms with Crippen LogP contribution >= 0.6 is 0 Å². The maximum absolute atomic E-state index is 14.2. The molecule has 6 heteroatoms. The Kier molecular flexibility index (Phi) is 5.09. The lowest BCUT2D eigenvalue weighted by molar-refractivity contribution is -0.118. The zero-order valence-corrected chi connectivity index (χ0v) is 13.8. The summed E-state index contributed by atoms with van der Waals surface area (Å²) in [6.45, 7) is 0.724. The monoisotopic (exact) mass is 342 g/mol. The van der Waals surface area contributed by atoms with Crippen molar-refractivity contribution in [2.45, 2.75) is 18.4 Å². The van der Waals surface area contributed by atoms with Gasteiger partial charge in [-0.25, -0.2) is 9.18 Å². The lowest BCUT2D eigenvalue weighted by Gasteiger charge is -2.19. The van der Waals surface area contributed by atoms with E-state index in [0.29, 0.717) is 0 Å². The first-order chi connectivity index (χ1) is 12.1. The van der Waals surface area contributed by atoms with Crippen LogP contribution in [0.2, 0.25) is 0 Å². The van der Waals surface area contributed by atoms with Gasteiger partial charge in [-0.3, -0.25) is 4.79 Å². The minimum atomic E-state index is -0.675. The lowest BCUT2D eigenvalue weighted by atomic mass is 9.91. The molecule has 0 unspecified atom stereocenters. The normalized spacial score (nSPS) is 19.4. The molecular weight excluding hydrogens is 323 g/mol. The first kappa shape index (κ1) is 17.1. The van der Waals surface area contributed by atoms with Crippen molar-refractivity contribution in [2.24, 2.45) is 0 Å². The molecule has 1 amide bonds. The maximum atomic E-state index is 14.2. The van der Waals surface area contributed by atoms with Gasteiger partial charge in [-0.2, -0.15) is 0 Å². The first-order valence-corrected chi connectivity index (χ1v) is 8.07. The number of methoxy groups -OCH3 is 1. The van der Waals surface area contributed by atoms with Gasteiger partial charge in [-0.15, -0.1) is 0 Å². The molecule has 0 aromatic heterocycles. The van der Waals surface area contributed by atoms with Gasteiger partial charge in [0.05, 0.1) is 24.4 Å². The zero-order chi connectivity index (χ0) is 17.8. The molecular formula is C19H19FN2O3. The van der Waals surface area contributed by atoms with E-state index in [-0.39, 0.29) is 23.1 Å². The zero-order valence-electron chi connectivity index (χ0n) is 13.8. The van der Waals surface area contributed by atoms with Crippen LogP contribution in [0.25, 0.3) is 0 Å². The molecule has 0 bridgehead atoms. The first-order valence-electron chi connectivity index (χ1n) is 8.07. The highest BCUT2D eigenvalue weighted by Gasteiger charge is 2.33. The molecule has 1 fully saturated rings. The Bertz CT molecular complexity index is 779. The van der Waals surface area contributed by atoms with Crippen molar-refractivity contribution in [3.63, 3.8) is 0 Å². The molecule has 1 saturated heterocycles. The van der Waals surface area contributed by atoms with Crippen LogP contribution in [0.3, 0.4) is 0 Å². The van der Waals surface area contributed by atoms with Crippen LogP contribution in [0.1, 0.15) is 28.3 Å². The number of esters is 1. The number of ether oxygens (including phenoxy) is 1. The second-order valence-corrected chi connectivity index (χ2v) is 5.91. The van der Waals surface area contributed by atoms with Crippen molar-refractivity contribution >= 4 is 17.6 Å². The minimum Gasteiger partial charge on any atom is -0.465 e. The van der Waals surface area contributed by atoms with Gasteiger partial charge < -0.3 is 15.4 Å². The van der Waals surface area contributed by atoms with E-state index in [4.69, 9.17) is 0 Å². The summed E-state index contributed by atoms with van der Waals surface area (Å²) in [5.41, 5.74) is 1.21. The number of nitrogens with one attached hydrogen (secondary N) is 2. The van der Waals surface area contributed by atoms with Gasteiger partial charge in [0, 0.05) is 5.92 Å². The van der Waals surface area contributed by atoms with Crippen molar-refractivity contribution in [2.75, 3.05) is 19.0 Å². The number of carbonyl (C=O) groups excluding carboxylic acids is 2. The van der Waals surface area contributed by atoms with Gasteiger partial charge in [0.1, 0.15) is 5.82 Å². The van der Waals surface area contributed by atoms with Gasteiger partial charge in [0.25, 0.3) is 0 Å². The van der Waals surface area contributed by atoms with Crippen LogP contribution in [-0.4, -0.2) is 31.6 Å². The second-order valence-electron chi connectivity index (χ2n) is 5.91. The molecule has 0 saturated carbocycles. The predicted octanol–water partition coefficient (Wildman–Crippen LogP) is 2.70. The SMILES string of the molecule is COC(=O)c1ccc(NC(=O)[C@H]2NCC[C@@H]2c2ccccc2)c(F)c1. The molecule has 2 atom stereocenters. The second kappa shape index (κ2) is 7.44. The molecule has 1 aliphatic heterocycles. The summed E-state index contributed by atoms with van der Waals surface area (Å²) in [6.07, 6.45) is 0.839. The molecule has 0 radical (unpaired) electrons. The third kappa shape index (κ3) is 3.69. The molecule has 3 rings (SSSR count). The summed E-state index contributed by atoms with van der Waals surface area (Å²) in [7, 11) is 1.23. The lowest BCUT2D eigenvalue weighted by Crippen LogP contribution is -2.39. The standard InChI is InChI=1S/C19H19FN2O3/c1-25-19(24)13-7-8-16(15(20)11-13)22-18(23)17-14(9-10-21-17)12-5-3-2-4-6-12/h2-8,11,14,17,21H,9-10H2,1H3,(H,22,23)/t14-,17+/m1/s1. The molecule has 2 aromatic rings. The number of benzene rings is 2. The van der Waals surface area contributed by atoms with Crippen LogP contribution in [0.5, 0.6) is 0 Å². The Morgan fingerprint density at radius 2 is 1.96 bits per heavy atom.